The van der Waals surface area contributed by atoms with Crippen LogP contribution in [-0.2, 0) is 4.74 Å². The summed E-state index contributed by atoms with van der Waals surface area (Å²) >= 11 is 3.18. The Morgan fingerprint density at radius 2 is 2.33 bits per heavy atom. The van der Waals surface area contributed by atoms with Crippen LogP contribution in [0.2, 0.25) is 0 Å². The minimum absolute atomic E-state index is 0.0914. The van der Waals surface area contributed by atoms with Crippen molar-refractivity contribution in [3.05, 3.63) is 32.2 Å². The second kappa shape index (κ2) is 5.24. The fourth-order valence-electron chi connectivity index (χ4n) is 2.17. The quantitative estimate of drug-likeness (QED) is 0.906. The zero-order chi connectivity index (χ0) is 13.3. The standard InChI is InChI=1S/C12H14BrNO4/c1-7-10(13)11(15)9(12(16)17)5-14(7)8-3-2-4-18-6-8/h5,8H,2-4,6H2,1H3,(H,16,17). The van der Waals surface area contributed by atoms with Crippen LogP contribution in [0.4, 0.5) is 0 Å². The lowest BCUT2D eigenvalue weighted by molar-refractivity contribution is 0.0575. The Hall–Kier alpha value is -1.14. The minimum Gasteiger partial charge on any atom is -0.477 e. The van der Waals surface area contributed by atoms with Gasteiger partial charge in [-0.3, -0.25) is 4.79 Å². The van der Waals surface area contributed by atoms with Crippen molar-refractivity contribution in [1.82, 2.24) is 4.57 Å². The van der Waals surface area contributed by atoms with E-state index in [1.54, 1.807) is 6.92 Å². The van der Waals surface area contributed by atoms with Gasteiger partial charge in [-0.25, -0.2) is 4.79 Å². The SMILES string of the molecule is Cc1c(Br)c(=O)c(C(=O)O)cn1C1CCCOC1. The number of halogens is 1. The molecule has 1 saturated heterocycles. The van der Waals surface area contributed by atoms with Crippen molar-refractivity contribution in [3.63, 3.8) is 0 Å². The Kier molecular flexibility index (Phi) is 3.87. The Morgan fingerprint density at radius 1 is 1.61 bits per heavy atom. The molecule has 18 heavy (non-hydrogen) atoms. The third kappa shape index (κ3) is 2.35. The van der Waals surface area contributed by atoms with Crippen molar-refractivity contribution in [2.75, 3.05) is 13.2 Å². The maximum absolute atomic E-state index is 11.8. The van der Waals surface area contributed by atoms with Crippen LogP contribution in [0.25, 0.3) is 0 Å². The third-order valence-corrected chi connectivity index (χ3v) is 4.11. The van der Waals surface area contributed by atoms with Gasteiger partial charge in [-0.1, -0.05) is 0 Å². The van der Waals surface area contributed by atoms with Crippen LogP contribution in [0.5, 0.6) is 0 Å². The predicted octanol–water partition coefficient (Wildman–Crippen LogP) is 1.97. The summed E-state index contributed by atoms with van der Waals surface area (Å²) in [4.78, 5) is 22.8. The summed E-state index contributed by atoms with van der Waals surface area (Å²) in [5.41, 5.74) is 0.0477. The number of nitrogens with zero attached hydrogens (tertiary/aromatic N) is 1. The van der Waals surface area contributed by atoms with Crippen molar-refractivity contribution >= 4 is 21.9 Å². The van der Waals surface area contributed by atoms with E-state index in [0.29, 0.717) is 11.1 Å². The topological polar surface area (TPSA) is 68.5 Å². The van der Waals surface area contributed by atoms with Crippen LogP contribution in [0.3, 0.4) is 0 Å². The first-order valence-corrected chi connectivity index (χ1v) is 6.54. The number of rotatable bonds is 2. The van der Waals surface area contributed by atoms with E-state index in [2.05, 4.69) is 15.9 Å². The zero-order valence-corrected chi connectivity index (χ0v) is 11.6. The molecule has 0 aliphatic carbocycles. The average Bonchev–Trinajstić information content (AvgIpc) is 2.37. The van der Waals surface area contributed by atoms with Gasteiger partial charge in [0, 0.05) is 18.5 Å². The summed E-state index contributed by atoms with van der Waals surface area (Å²) in [6, 6.07) is 0.0914. The molecule has 1 aromatic rings. The third-order valence-electron chi connectivity index (χ3n) is 3.18. The van der Waals surface area contributed by atoms with Crippen LogP contribution < -0.4 is 5.43 Å². The first kappa shape index (κ1) is 13.3. The number of aromatic carboxylic acids is 1. The number of carbonyl (C=O) groups is 1. The first-order chi connectivity index (χ1) is 8.52. The van der Waals surface area contributed by atoms with Crippen molar-refractivity contribution < 1.29 is 14.6 Å². The molecule has 6 heteroatoms. The highest BCUT2D eigenvalue weighted by molar-refractivity contribution is 9.10. The van der Waals surface area contributed by atoms with E-state index in [0.717, 1.165) is 25.1 Å². The minimum atomic E-state index is -1.20. The smallest absolute Gasteiger partial charge is 0.341 e. The molecule has 0 saturated carbocycles. The number of ether oxygens (including phenoxy) is 1. The Bertz CT molecular complexity index is 532. The van der Waals surface area contributed by atoms with E-state index in [9.17, 15) is 9.59 Å². The van der Waals surface area contributed by atoms with E-state index < -0.39 is 11.4 Å². The molecular formula is C12H14BrNO4. The molecule has 1 N–H and O–H groups in total. The highest BCUT2D eigenvalue weighted by Crippen LogP contribution is 2.23. The van der Waals surface area contributed by atoms with Crippen molar-refractivity contribution in [2.24, 2.45) is 0 Å². The molecule has 98 valence electrons. The van der Waals surface area contributed by atoms with Gasteiger partial charge in [0.15, 0.2) is 0 Å². The second-order valence-electron chi connectivity index (χ2n) is 4.35. The summed E-state index contributed by atoms with van der Waals surface area (Å²) in [6.07, 6.45) is 3.29. The Labute approximate surface area is 113 Å². The Morgan fingerprint density at radius 3 is 2.89 bits per heavy atom. The molecule has 0 amide bonds. The largest absolute Gasteiger partial charge is 0.477 e. The van der Waals surface area contributed by atoms with Gasteiger partial charge in [-0.15, -0.1) is 0 Å². The van der Waals surface area contributed by atoms with Crippen molar-refractivity contribution in [1.29, 1.82) is 0 Å². The lowest BCUT2D eigenvalue weighted by atomic mass is 10.1. The highest BCUT2D eigenvalue weighted by atomic mass is 79.9. The van der Waals surface area contributed by atoms with Crippen molar-refractivity contribution in [3.8, 4) is 0 Å². The van der Waals surface area contributed by atoms with E-state index in [-0.39, 0.29) is 11.6 Å². The number of carboxylic acids is 1. The molecule has 1 aliphatic heterocycles. The molecule has 1 atom stereocenters. The highest BCUT2D eigenvalue weighted by Gasteiger charge is 2.21. The van der Waals surface area contributed by atoms with E-state index in [1.165, 1.54) is 6.20 Å². The summed E-state index contributed by atoms with van der Waals surface area (Å²) < 4.78 is 7.54. The summed E-state index contributed by atoms with van der Waals surface area (Å²) in [5, 5.41) is 9.04. The van der Waals surface area contributed by atoms with Crippen molar-refractivity contribution in [2.45, 2.75) is 25.8 Å². The number of hydrogen-bond acceptors (Lipinski definition) is 3. The van der Waals surface area contributed by atoms with Crippen LogP contribution in [0.1, 0.15) is 34.9 Å². The number of aromatic nitrogens is 1. The summed E-state index contributed by atoms with van der Waals surface area (Å²) in [7, 11) is 0. The first-order valence-electron chi connectivity index (χ1n) is 5.74. The van der Waals surface area contributed by atoms with Gasteiger partial charge >= 0.3 is 5.97 Å². The molecule has 0 radical (unpaired) electrons. The van der Waals surface area contributed by atoms with E-state index in [4.69, 9.17) is 9.84 Å². The molecule has 1 fully saturated rings. The molecule has 1 unspecified atom stereocenters. The fourth-order valence-corrected chi connectivity index (χ4v) is 2.58. The zero-order valence-electron chi connectivity index (χ0n) is 9.98. The fraction of sp³-hybridized carbons (Fsp3) is 0.500. The van der Waals surface area contributed by atoms with Crippen LogP contribution in [0.15, 0.2) is 15.5 Å². The average molecular weight is 316 g/mol. The molecule has 1 aliphatic rings. The lowest BCUT2D eigenvalue weighted by Crippen LogP contribution is -2.27. The van der Waals surface area contributed by atoms with E-state index in [1.807, 2.05) is 4.57 Å². The predicted molar refractivity (Wildman–Crippen MR) is 69.2 cm³/mol. The van der Waals surface area contributed by atoms with E-state index >= 15 is 0 Å². The number of carboxylic acid groups (broad SMARTS) is 1. The molecular weight excluding hydrogens is 302 g/mol. The van der Waals surface area contributed by atoms with Gasteiger partial charge in [0.1, 0.15) is 5.56 Å². The van der Waals surface area contributed by atoms with Crippen LogP contribution in [-0.4, -0.2) is 28.9 Å². The molecule has 2 heterocycles. The lowest BCUT2D eigenvalue weighted by Gasteiger charge is -2.27. The molecule has 5 nitrogen and oxygen atoms in total. The molecule has 0 bridgehead atoms. The maximum atomic E-state index is 11.8. The summed E-state index contributed by atoms with van der Waals surface area (Å²) in [6.45, 7) is 3.09. The van der Waals surface area contributed by atoms with Gasteiger partial charge in [-0.2, -0.15) is 0 Å². The van der Waals surface area contributed by atoms with Crippen LogP contribution >= 0.6 is 15.9 Å². The van der Waals surface area contributed by atoms with Gasteiger partial charge in [0.25, 0.3) is 0 Å². The summed E-state index contributed by atoms with van der Waals surface area (Å²) in [5.74, 6) is -1.20. The normalized spacial score (nSPS) is 19.8. The van der Waals surface area contributed by atoms with Crippen LogP contribution in [0, 0.1) is 6.92 Å². The number of hydrogen-bond donors (Lipinski definition) is 1. The molecule has 1 aromatic heterocycles. The van der Waals surface area contributed by atoms with Gasteiger partial charge in [-0.05, 0) is 35.7 Å². The number of pyridine rings is 1. The maximum Gasteiger partial charge on any atom is 0.341 e. The molecule has 2 rings (SSSR count). The molecule has 0 aromatic carbocycles. The van der Waals surface area contributed by atoms with Gasteiger partial charge in [0.05, 0.1) is 17.1 Å². The van der Waals surface area contributed by atoms with Gasteiger partial charge < -0.3 is 14.4 Å². The second-order valence-corrected chi connectivity index (χ2v) is 5.15. The monoisotopic (exact) mass is 315 g/mol. The van der Waals surface area contributed by atoms with Gasteiger partial charge in [0.2, 0.25) is 5.43 Å². The molecule has 0 spiro atoms. The Balaban J connectivity index is 2.53.